The van der Waals surface area contributed by atoms with E-state index in [2.05, 4.69) is 17.6 Å². The van der Waals surface area contributed by atoms with Gasteiger partial charge < -0.3 is 20.3 Å². The van der Waals surface area contributed by atoms with Crippen molar-refractivity contribution in [3.63, 3.8) is 0 Å². The predicted octanol–water partition coefficient (Wildman–Crippen LogP) is 4.03. The second-order valence-electron chi connectivity index (χ2n) is 8.23. The molecule has 0 aliphatic carbocycles. The number of nitrogens with one attached hydrogen (secondary N) is 2. The fourth-order valence-electron chi connectivity index (χ4n) is 3.32. The summed E-state index contributed by atoms with van der Waals surface area (Å²) in [6.45, 7) is 5.59. The van der Waals surface area contributed by atoms with Gasteiger partial charge in [-0.2, -0.15) is 0 Å². The maximum Gasteiger partial charge on any atom is 0.254 e. The van der Waals surface area contributed by atoms with Crippen molar-refractivity contribution in [3.05, 3.63) is 59.7 Å². The van der Waals surface area contributed by atoms with Crippen molar-refractivity contribution in [1.82, 2.24) is 10.2 Å². The van der Waals surface area contributed by atoms with E-state index < -0.39 is 5.91 Å². The highest BCUT2D eigenvalue weighted by molar-refractivity contribution is 5.98. The predicted molar refractivity (Wildman–Crippen MR) is 130 cm³/mol. The Balaban J connectivity index is 1.87. The number of benzene rings is 2. The molecule has 0 unspecified atom stereocenters. The first-order chi connectivity index (χ1) is 15.8. The minimum absolute atomic E-state index is 0.120. The first-order valence-electron chi connectivity index (χ1n) is 11.4. The van der Waals surface area contributed by atoms with E-state index in [4.69, 9.17) is 4.74 Å². The number of carbonyl (C=O) groups is 3. The van der Waals surface area contributed by atoms with Gasteiger partial charge in [-0.1, -0.05) is 31.9 Å². The van der Waals surface area contributed by atoms with Gasteiger partial charge in [0.2, 0.25) is 11.8 Å². The smallest absolute Gasteiger partial charge is 0.254 e. The minimum atomic E-state index is -0.391. The normalized spacial score (nSPS) is 10.6. The molecule has 0 heterocycles. The van der Waals surface area contributed by atoms with E-state index in [-0.39, 0.29) is 30.9 Å². The van der Waals surface area contributed by atoms with E-state index in [0.717, 1.165) is 12.8 Å². The van der Waals surface area contributed by atoms with Gasteiger partial charge in [0.25, 0.3) is 5.91 Å². The topological polar surface area (TPSA) is 87.7 Å². The third-order valence-corrected chi connectivity index (χ3v) is 5.29. The van der Waals surface area contributed by atoms with Crippen LogP contribution < -0.4 is 15.4 Å². The molecule has 0 spiro atoms. The summed E-state index contributed by atoms with van der Waals surface area (Å²) in [7, 11) is 1.57. The number of amides is 3. The van der Waals surface area contributed by atoms with Crippen LogP contribution in [0.5, 0.6) is 5.75 Å². The van der Waals surface area contributed by atoms with Crippen molar-refractivity contribution in [2.45, 2.75) is 52.5 Å². The molecule has 2 rings (SSSR count). The van der Waals surface area contributed by atoms with Gasteiger partial charge in [-0.3, -0.25) is 14.4 Å². The average molecular weight is 454 g/mol. The number of hydrogen-bond acceptors (Lipinski definition) is 4. The Morgan fingerprint density at radius 3 is 2.18 bits per heavy atom. The Bertz CT molecular complexity index is 908. The van der Waals surface area contributed by atoms with Crippen LogP contribution in [0.15, 0.2) is 48.5 Å². The Labute approximate surface area is 196 Å². The monoisotopic (exact) mass is 453 g/mol. The van der Waals surface area contributed by atoms with Gasteiger partial charge in [0.1, 0.15) is 12.3 Å². The van der Waals surface area contributed by atoms with Crippen molar-refractivity contribution >= 4 is 23.4 Å². The summed E-state index contributed by atoms with van der Waals surface area (Å²) >= 11 is 0. The van der Waals surface area contributed by atoms with E-state index in [9.17, 15) is 14.4 Å². The van der Waals surface area contributed by atoms with Crippen LogP contribution in [0.1, 0.15) is 56.0 Å². The number of anilines is 1. The van der Waals surface area contributed by atoms with Crippen LogP contribution in [0.25, 0.3) is 0 Å². The summed E-state index contributed by atoms with van der Waals surface area (Å²) in [5.41, 5.74) is 2.36. The standard InChI is InChI=1S/C26H35N3O4/c1-5-6-7-8-20-9-11-21(12-10-20)26(32)29(19(2)3)18-25(31)27-17-24(30)28-22-13-15-23(33-4)16-14-22/h9-16,19H,5-8,17-18H2,1-4H3,(H,27,31)(H,28,30). The van der Waals surface area contributed by atoms with Crippen molar-refractivity contribution < 1.29 is 19.1 Å². The summed E-state index contributed by atoms with van der Waals surface area (Å²) in [5.74, 6) is -0.262. The lowest BCUT2D eigenvalue weighted by Crippen LogP contribution is -2.45. The molecule has 0 aliphatic heterocycles. The van der Waals surface area contributed by atoms with Crippen LogP contribution in [-0.4, -0.2) is 48.9 Å². The zero-order valence-electron chi connectivity index (χ0n) is 20.0. The van der Waals surface area contributed by atoms with Gasteiger partial charge in [-0.15, -0.1) is 0 Å². The van der Waals surface area contributed by atoms with Crippen LogP contribution in [-0.2, 0) is 16.0 Å². The molecule has 2 aromatic carbocycles. The lowest BCUT2D eigenvalue weighted by molar-refractivity contribution is -0.124. The Kier molecular flexibility index (Phi) is 10.4. The number of carbonyl (C=O) groups excluding carboxylic acids is 3. The molecule has 2 N–H and O–H groups in total. The number of ether oxygens (including phenoxy) is 1. The summed E-state index contributed by atoms with van der Waals surface area (Å²) < 4.78 is 5.08. The van der Waals surface area contributed by atoms with Crippen LogP contribution in [0.3, 0.4) is 0 Å². The minimum Gasteiger partial charge on any atom is -0.497 e. The number of hydrogen-bond donors (Lipinski definition) is 2. The number of rotatable bonds is 12. The SMILES string of the molecule is CCCCCc1ccc(C(=O)N(CC(=O)NCC(=O)Nc2ccc(OC)cc2)C(C)C)cc1. The zero-order chi connectivity index (χ0) is 24.2. The van der Waals surface area contributed by atoms with Gasteiger partial charge in [-0.25, -0.2) is 0 Å². The number of methoxy groups -OCH3 is 1. The Morgan fingerprint density at radius 1 is 0.939 bits per heavy atom. The Morgan fingerprint density at radius 2 is 1.61 bits per heavy atom. The number of unbranched alkanes of at least 4 members (excludes halogenated alkanes) is 2. The molecule has 0 aliphatic rings. The van der Waals surface area contributed by atoms with Gasteiger partial charge >= 0.3 is 0 Å². The highest BCUT2D eigenvalue weighted by Crippen LogP contribution is 2.15. The summed E-state index contributed by atoms with van der Waals surface area (Å²) in [5, 5.41) is 5.29. The maximum absolute atomic E-state index is 13.0. The van der Waals surface area contributed by atoms with E-state index in [1.54, 1.807) is 31.4 Å². The number of aryl methyl sites for hydroxylation is 1. The summed E-state index contributed by atoms with van der Waals surface area (Å²) in [4.78, 5) is 39.1. The molecule has 0 aromatic heterocycles. The molecule has 7 heteroatoms. The van der Waals surface area contributed by atoms with Crippen molar-refractivity contribution in [2.24, 2.45) is 0 Å². The van der Waals surface area contributed by atoms with Gasteiger partial charge in [-0.05, 0) is 68.7 Å². The molecular weight excluding hydrogens is 418 g/mol. The van der Waals surface area contributed by atoms with Crippen LogP contribution in [0.2, 0.25) is 0 Å². The number of nitrogens with zero attached hydrogens (tertiary/aromatic N) is 1. The first kappa shape index (κ1) is 25.9. The quantitative estimate of drug-likeness (QED) is 0.475. The molecule has 7 nitrogen and oxygen atoms in total. The summed E-state index contributed by atoms with van der Waals surface area (Å²) in [6, 6.07) is 14.3. The van der Waals surface area contributed by atoms with E-state index in [0.29, 0.717) is 17.0 Å². The molecule has 2 aromatic rings. The average Bonchev–Trinajstić information content (AvgIpc) is 2.81. The highest BCUT2D eigenvalue weighted by Gasteiger charge is 2.22. The van der Waals surface area contributed by atoms with Crippen molar-refractivity contribution in [3.8, 4) is 5.75 Å². The summed E-state index contributed by atoms with van der Waals surface area (Å²) in [6.07, 6.45) is 4.49. The van der Waals surface area contributed by atoms with E-state index in [1.807, 2.05) is 38.1 Å². The van der Waals surface area contributed by atoms with E-state index in [1.165, 1.54) is 23.3 Å². The molecule has 0 saturated heterocycles. The van der Waals surface area contributed by atoms with Gasteiger partial charge in [0.05, 0.1) is 13.7 Å². The fourth-order valence-corrected chi connectivity index (χ4v) is 3.32. The first-order valence-corrected chi connectivity index (χ1v) is 11.4. The second-order valence-corrected chi connectivity index (χ2v) is 8.23. The highest BCUT2D eigenvalue weighted by atomic mass is 16.5. The fraction of sp³-hybridized carbons (Fsp3) is 0.423. The largest absolute Gasteiger partial charge is 0.497 e. The molecule has 178 valence electrons. The second kappa shape index (κ2) is 13.3. The van der Waals surface area contributed by atoms with Crippen molar-refractivity contribution in [2.75, 3.05) is 25.5 Å². The zero-order valence-corrected chi connectivity index (χ0v) is 20.0. The molecule has 0 saturated carbocycles. The lowest BCUT2D eigenvalue weighted by atomic mass is 10.0. The third kappa shape index (κ3) is 8.60. The van der Waals surface area contributed by atoms with Gasteiger partial charge in [0.15, 0.2) is 0 Å². The molecular formula is C26H35N3O4. The third-order valence-electron chi connectivity index (χ3n) is 5.29. The molecule has 0 fully saturated rings. The molecule has 0 atom stereocenters. The molecule has 0 radical (unpaired) electrons. The maximum atomic E-state index is 13.0. The molecule has 3 amide bonds. The van der Waals surface area contributed by atoms with Crippen LogP contribution in [0.4, 0.5) is 5.69 Å². The van der Waals surface area contributed by atoms with E-state index >= 15 is 0 Å². The lowest BCUT2D eigenvalue weighted by Gasteiger charge is -2.26. The van der Waals surface area contributed by atoms with Crippen molar-refractivity contribution in [1.29, 1.82) is 0 Å². The molecule has 0 bridgehead atoms. The van der Waals surface area contributed by atoms with Gasteiger partial charge in [0, 0.05) is 17.3 Å². The van der Waals surface area contributed by atoms with Crippen LogP contribution >= 0.6 is 0 Å². The van der Waals surface area contributed by atoms with Crippen LogP contribution in [0, 0.1) is 0 Å². The molecule has 33 heavy (non-hydrogen) atoms. The Hall–Kier alpha value is -3.35.